The Hall–Kier alpha value is -1.61. The van der Waals surface area contributed by atoms with E-state index in [0.717, 1.165) is 25.1 Å². The second kappa shape index (κ2) is 6.36. The summed E-state index contributed by atoms with van der Waals surface area (Å²) in [4.78, 5) is 13.8. The lowest BCUT2D eigenvalue weighted by Crippen LogP contribution is -2.34. The zero-order valence-corrected chi connectivity index (χ0v) is 10.8. The first-order chi connectivity index (χ1) is 8.74. The monoisotopic (exact) mass is 245 g/mol. The fourth-order valence-corrected chi connectivity index (χ4v) is 2.09. The molecule has 1 heterocycles. The highest BCUT2D eigenvalue weighted by Crippen LogP contribution is 2.08. The summed E-state index contributed by atoms with van der Waals surface area (Å²) >= 11 is 0. The smallest absolute Gasteiger partial charge is 0.320 e. The van der Waals surface area contributed by atoms with Crippen molar-refractivity contribution in [3.63, 3.8) is 0 Å². The molecule has 2 rings (SSSR count). The van der Waals surface area contributed by atoms with Gasteiger partial charge in [-0.1, -0.05) is 42.0 Å². The van der Waals surface area contributed by atoms with Gasteiger partial charge in [-0.25, -0.2) is 0 Å². The SMILES string of the molecule is CC1=CCCN(CC(=O)OCc2ccccc2)C1. The summed E-state index contributed by atoms with van der Waals surface area (Å²) in [6, 6.07) is 9.76. The van der Waals surface area contributed by atoms with Gasteiger partial charge in [0, 0.05) is 13.1 Å². The fraction of sp³-hybridized carbons (Fsp3) is 0.400. The Kier molecular flexibility index (Phi) is 4.53. The molecular weight excluding hydrogens is 226 g/mol. The quantitative estimate of drug-likeness (QED) is 0.602. The molecule has 0 spiro atoms. The molecule has 3 nitrogen and oxygen atoms in total. The third-order valence-corrected chi connectivity index (χ3v) is 3.01. The molecule has 96 valence electrons. The van der Waals surface area contributed by atoms with Crippen LogP contribution in [0, 0.1) is 0 Å². The number of nitrogens with zero attached hydrogens (tertiary/aromatic N) is 1. The molecule has 0 amide bonds. The molecule has 0 bridgehead atoms. The van der Waals surface area contributed by atoms with Crippen LogP contribution in [-0.2, 0) is 16.1 Å². The van der Waals surface area contributed by atoms with Gasteiger partial charge in [0.25, 0.3) is 0 Å². The molecule has 0 atom stereocenters. The Morgan fingerprint density at radius 2 is 2.11 bits per heavy atom. The zero-order valence-electron chi connectivity index (χ0n) is 10.8. The summed E-state index contributed by atoms with van der Waals surface area (Å²) < 4.78 is 5.27. The maximum absolute atomic E-state index is 11.7. The van der Waals surface area contributed by atoms with Crippen LogP contribution in [0.1, 0.15) is 18.9 Å². The van der Waals surface area contributed by atoms with Crippen molar-refractivity contribution in [3.8, 4) is 0 Å². The van der Waals surface area contributed by atoms with E-state index in [-0.39, 0.29) is 5.97 Å². The van der Waals surface area contributed by atoms with Crippen molar-refractivity contribution in [1.82, 2.24) is 4.90 Å². The van der Waals surface area contributed by atoms with E-state index in [1.54, 1.807) is 0 Å². The first kappa shape index (κ1) is 12.8. The number of esters is 1. The van der Waals surface area contributed by atoms with Crippen LogP contribution in [0.25, 0.3) is 0 Å². The van der Waals surface area contributed by atoms with E-state index in [4.69, 9.17) is 4.74 Å². The molecule has 1 aromatic rings. The second-order valence-electron chi connectivity index (χ2n) is 4.70. The van der Waals surface area contributed by atoms with Crippen molar-refractivity contribution in [2.75, 3.05) is 19.6 Å². The average Bonchev–Trinajstić information content (AvgIpc) is 2.38. The van der Waals surface area contributed by atoms with Crippen LogP contribution >= 0.6 is 0 Å². The Labute approximate surface area is 108 Å². The summed E-state index contributed by atoms with van der Waals surface area (Å²) in [5, 5.41) is 0. The molecule has 0 saturated heterocycles. The van der Waals surface area contributed by atoms with Crippen LogP contribution in [-0.4, -0.2) is 30.5 Å². The van der Waals surface area contributed by atoms with Gasteiger partial charge >= 0.3 is 5.97 Å². The van der Waals surface area contributed by atoms with E-state index in [9.17, 15) is 4.79 Å². The summed E-state index contributed by atoms with van der Waals surface area (Å²) in [7, 11) is 0. The molecule has 0 saturated carbocycles. The maximum atomic E-state index is 11.7. The normalized spacial score (nSPS) is 16.2. The second-order valence-corrected chi connectivity index (χ2v) is 4.70. The molecule has 1 aliphatic rings. The standard InChI is InChI=1S/C15H19NO2/c1-13-6-5-9-16(10-13)11-15(17)18-12-14-7-3-2-4-8-14/h2-4,6-8H,5,9-12H2,1H3. The van der Waals surface area contributed by atoms with E-state index in [1.807, 2.05) is 30.3 Å². The predicted octanol–water partition coefficient (Wildman–Crippen LogP) is 2.38. The zero-order chi connectivity index (χ0) is 12.8. The molecule has 0 radical (unpaired) electrons. The third-order valence-electron chi connectivity index (χ3n) is 3.01. The molecule has 0 fully saturated rings. The Balaban J connectivity index is 1.74. The fourth-order valence-electron chi connectivity index (χ4n) is 2.09. The van der Waals surface area contributed by atoms with Crippen LogP contribution in [0.15, 0.2) is 42.0 Å². The number of rotatable bonds is 4. The van der Waals surface area contributed by atoms with Gasteiger partial charge in [-0.2, -0.15) is 0 Å². The summed E-state index contributed by atoms with van der Waals surface area (Å²) in [5.41, 5.74) is 2.36. The average molecular weight is 245 g/mol. The molecule has 0 aliphatic carbocycles. The van der Waals surface area contributed by atoms with Gasteiger partial charge in [0.05, 0.1) is 6.54 Å². The summed E-state index contributed by atoms with van der Waals surface area (Å²) in [6.07, 6.45) is 3.25. The molecule has 0 aromatic heterocycles. The Bertz CT molecular complexity index is 425. The Morgan fingerprint density at radius 1 is 1.33 bits per heavy atom. The first-order valence-corrected chi connectivity index (χ1v) is 6.31. The number of hydrogen-bond acceptors (Lipinski definition) is 3. The van der Waals surface area contributed by atoms with Gasteiger partial charge in [-0.3, -0.25) is 9.69 Å². The van der Waals surface area contributed by atoms with Crippen molar-refractivity contribution >= 4 is 5.97 Å². The van der Waals surface area contributed by atoms with Crippen LogP contribution in [0.3, 0.4) is 0 Å². The van der Waals surface area contributed by atoms with E-state index < -0.39 is 0 Å². The number of carbonyl (C=O) groups is 1. The van der Waals surface area contributed by atoms with E-state index >= 15 is 0 Å². The minimum Gasteiger partial charge on any atom is -0.460 e. The lowest BCUT2D eigenvalue weighted by atomic mass is 10.1. The van der Waals surface area contributed by atoms with Crippen LogP contribution in [0.4, 0.5) is 0 Å². The predicted molar refractivity (Wildman–Crippen MR) is 71.1 cm³/mol. The van der Waals surface area contributed by atoms with Gasteiger partial charge in [0.1, 0.15) is 6.61 Å². The van der Waals surface area contributed by atoms with Crippen molar-refractivity contribution in [1.29, 1.82) is 0 Å². The molecule has 1 aliphatic heterocycles. The topological polar surface area (TPSA) is 29.5 Å². The highest BCUT2D eigenvalue weighted by molar-refractivity contribution is 5.71. The number of benzene rings is 1. The molecule has 18 heavy (non-hydrogen) atoms. The van der Waals surface area contributed by atoms with Crippen LogP contribution < -0.4 is 0 Å². The maximum Gasteiger partial charge on any atom is 0.320 e. The number of carbonyl (C=O) groups excluding carboxylic acids is 1. The van der Waals surface area contributed by atoms with Crippen molar-refractivity contribution in [2.45, 2.75) is 20.0 Å². The highest BCUT2D eigenvalue weighted by Gasteiger charge is 2.14. The number of hydrogen-bond donors (Lipinski definition) is 0. The molecule has 0 unspecified atom stereocenters. The lowest BCUT2D eigenvalue weighted by molar-refractivity contribution is -0.146. The summed E-state index contributed by atoms with van der Waals surface area (Å²) in [5.74, 6) is -0.145. The largest absolute Gasteiger partial charge is 0.460 e. The molecule has 3 heteroatoms. The van der Waals surface area contributed by atoms with Gasteiger partial charge in [0.2, 0.25) is 0 Å². The number of ether oxygens (including phenoxy) is 1. The van der Waals surface area contributed by atoms with Gasteiger partial charge in [-0.15, -0.1) is 0 Å². The van der Waals surface area contributed by atoms with E-state index in [0.29, 0.717) is 13.2 Å². The molecular formula is C15H19NO2. The van der Waals surface area contributed by atoms with Gasteiger partial charge in [0.15, 0.2) is 0 Å². The minimum atomic E-state index is -0.145. The van der Waals surface area contributed by atoms with Crippen molar-refractivity contribution in [3.05, 3.63) is 47.5 Å². The van der Waals surface area contributed by atoms with Crippen LogP contribution in [0.2, 0.25) is 0 Å². The highest BCUT2D eigenvalue weighted by atomic mass is 16.5. The van der Waals surface area contributed by atoms with Gasteiger partial charge < -0.3 is 4.74 Å². The molecule has 1 aromatic carbocycles. The molecule has 0 N–H and O–H groups in total. The minimum absolute atomic E-state index is 0.145. The van der Waals surface area contributed by atoms with E-state index in [1.165, 1.54) is 5.57 Å². The first-order valence-electron chi connectivity index (χ1n) is 6.31. The van der Waals surface area contributed by atoms with Crippen molar-refractivity contribution < 1.29 is 9.53 Å². The van der Waals surface area contributed by atoms with Crippen LogP contribution in [0.5, 0.6) is 0 Å². The van der Waals surface area contributed by atoms with Crippen molar-refractivity contribution in [2.24, 2.45) is 0 Å². The third kappa shape index (κ3) is 4.00. The summed E-state index contributed by atoms with van der Waals surface area (Å²) in [6.45, 7) is 4.67. The Morgan fingerprint density at radius 3 is 2.83 bits per heavy atom. The van der Waals surface area contributed by atoms with E-state index in [2.05, 4.69) is 17.9 Å². The lowest BCUT2D eigenvalue weighted by Gasteiger charge is -2.24. The van der Waals surface area contributed by atoms with Gasteiger partial charge in [-0.05, 0) is 18.9 Å².